The molecule has 0 fully saturated rings. The molecule has 0 aliphatic carbocycles. The average molecular weight is 266 g/mol. The van der Waals surface area contributed by atoms with Crippen molar-refractivity contribution >= 4 is 8.32 Å². The Hall–Kier alpha value is -0.803. The molecule has 0 spiro atoms. The van der Waals surface area contributed by atoms with E-state index >= 15 is 0 Å². The van der Waals surface area contributed by atoms with Gasteiger partial charge in [0, 0.05) is 0 Å². The lowest BCUT2D eigenvalue weighted by Gasteiger charge is -2.37. The molecular formula is C15H26O2Si. The number of rotatable bonds is 3. The van der Waals surface area contributed by atoms with Crippen molar-refractivity contribution in [1.29, 1.82) is 0 Å². The molecule has 0 atom stereocenters. The smallest absolute Gasteiger partial charge is 0.250 e. The Kier molecular flexibility index (Phi) is 4.29. The van der Waals surface area contributed by atoms with Crippen LogP contribution in [-0.2, 0) is 6.61 Å². The van der Waals surface area contributed by atoms with E-state index in [9.17, 15) is 5.11 Å². The van der Waals surface area contributed by atoms with Gasteiger partial charge in [-0.3, -0.25) is 0 Å². The first-order valence-corrected chi connectivity index (χ1v) is 9.39. The molecule has 102 valence electrons. The van der Waals surface area contributed by atoms with E-state index in [1.807, 2.05) is 12.1 Å². The summed E-state index contributed by atoms with van der Waals surface area (Å²) in [5.74, 6) is 0.999. The van der Waals surface area contributed by atoms with Crippen molar-refractivity contribution in [1.82, 2.24) is 0 Å². The molecule has 0 saturated carbocycles. The van der Waals surface area contributed by atoms with E-state index in [0.29, 0.717) is 0 Å². The van der Waals surface area contributed by atoms with Gasteiger partial charge >= 0.3 is 0 Å². The second kappa shape index (κ2) is 5.06. The highest BCUT2D eigenvalue weighted by molar-refractivity contribution is 6.74. The van der Waals surface area contributed by atoms with Gasteiger partial charge in [-0.05, 0) is 48.7 Å². The molecule has 1 aromatic rings. The maximum atomic E-state index is 9.21. The summed E-state index contributed by atoms with van der Waals surface area (Å²) < 4.78 is 6.38. The van der Waals surface area contributed by atoms with Gasteiger partial charge in [-0.2, -0.15) is 0 Å². The fourth-order valence-corrected chi connectivity index (χ4v) is 2.84. The van der Waals surface area contributed by atoms with Gasteiger partial charge in [-0.15, -0.1) is 0 Å². The first-order valence-electron chi connectivity index (χ1n) is 6.48. The van der Waals surface area contributed by atoms with Crippen molar-refractivity contribution in [2.24, 2.45) is 0 Å². The lowest BCUT2D eigenvalue weighted by Crippen LogP contribution is -2.44. The van der Waals surface area contributed by atoms with Crippen LogP contribution in [0, 0.1) is 13.8 Å². The number of aliphatic hydroxyl groups is 1. The molecule has 0 amide bonds. The van der Waals surface area contributed by atoms with E-state index in [1.165, 1.54) is 0 Å². The molecule has 0 saturated heterocycles. The Morgan fingerprint density at radius 3 is 1.89 bits per heavy atom. The van der Waals surface area contributed by atoms with Crippen LogP contribution >= 0.6 is 0 Å². The third-order valence-corrected chi connectivity index (χ3v) is 8.19. The van der Waals surface area contributed by atoms with Crippen molar-refractivity contribution in [2.75, 3.05) is 0 Å². The second-order valence-electron chi connectivity index (χ2n) is 6.58. The zero-order chi connectivity index (χ0) is 14.1. The monoisotopic (exact) mass is 266 g/mol. The molecule has 0 bridgehead atoms. The molecule has 0 aliphatic rings. The van der Waals surface area contributed by atoms with Crippen molar-refractivity contribution in [3.05, 3.63) is 28.8 Å². The third kappa shape index (κ3) is 3.15. The molecule has 0 unspecified atom stereocenters. The van der Waals surface area contributed by atoms with E-state index < -0.39 is 8.32 Å². The Morgan fingerprint density at radius 2 is 1.56 bits per heavy atom. The molecule has 1 rings (SSSR count). The van der Waals surface area contributed by atoms with Gasteiger partial charge in [0.1, 0.15) is 5.75 Å². The largest absolute Gasteiger partial charge is 0.543 e. The first-order chi connectivity index (χ1) is 8.08. The molecule has 1 aromatic carbocycles. The lowest BCUT2D eigenvalue weighted by atomic mass is 10.1. The highest BCUT2D eigenvalue weighted by Crippen LogP contribution is 2.39. The predicted octanol–water partition coefficient (Wildman–Crippen LogP) is 4.18. The molecule has 1 N–H and O–H groups in total. The topological polar surface area (TPSA) is 29.5 Å². The van der Waals surface area contributed by atoms with Crippen LogP contribution in [0.3, 0.4) is 0 Å². The Morgan fingerprint density at radius 1 is 1.11 bits per heavy atom. The first kappa shape index (κ1) is 15.3. The van der Waals surface area contributed by atoms with Crippen molar-refractivity contribution < 1.29 is 9.53 Å². The molecule has 0 aliphatic heterocycles. The fraction of sp³-hybridized carbons (Fsp3) is 0.600. The SMILES string of the molecule is Cc1cc(CO)cc(C)c1O[Si](C)(C)C(C)(C)C. The summed E-state index contributed by atoms with van der Waals surface area (Å²) in [5.41, 5.74) is 3.18. The van der Waals surface area contributed by atoms with Crippen LogP contribution in [0.25, 0.3) is 0 Å². The van der Waals surface area contributed by atoms with Gasteiger partial charge in [-0.1, -0.05) is 32.9 Å². The quantitative estimate of drug-likeness (QED) is 0.832. The second-order valence-corrected chi connectivity index (χ2v) is 11.3. The van der Waals surface area contributed by atoms with Crippen LogP contribution in [0.2, 0.25) is 18.1 Å². The summed E-state index contributed by atoms with van der Waals surface area (Å²) in [4.78, 5) is 0. The Balaban J connectivity index is 3.13. The van der Waals surface area contributed by atoms with Crippen LogP contribution in [-0.4, -0.2) is 13.4 Å². The summed E-state index contributed by atoms with van der Waals surface area (Å²) in [6, 6.07) is 4.02. The summed E-state index contributed by atoms with van der Waals surface area (Å²) in [5, 5.41) is 9.40. The fourth-order valence-electron chi connectivity index (χ4n) is 1.70. The molecule has 18 heavy (non-hydrogen) atoms. The molecule has 0 radical (unpaired) electrons. The van der Waals surface area contributed by atoms with Crippen molar-refractivity contribution in [3.63, 3.8) is 0 Å². The van der Waals surface area contributed by atoms with Gasteiger partial charge in [0.25, 0.3) is 8.32 Å². The number of aliphatic hydroxyl groups excluding tert-OH is 1. The van der Waals surface area contributed by atoms with E-state index in [-0.39, 0.29) is 11.6 Å². The van der Waals surface area contributed by atoms with Crippen LogP contribution in [0.15, 0.2) is 12.1 Å². The number of hydrogen-bond acceptors (Lipinski definition) is 2. The van der Waals surface area contributed by atoms with Crippen LogP contribution < -0.4 is 4.43 Å². The molecule has 0 heterocycles. The van der Waals surface area contributed by atoms with E-state index in [1.54, 1.807) is 0 Å². The number of benzene rings is 1. The maximum Gasteiger partial charge on any atom is 0.250 e. The average Bonchev–Trinajstić information content (AvgIpc) is 2.21. The minimum Gasteiger partial charge on any atom is -0.543 e. The number of aryl methyl sites for hydroxylation is 2. The van der Waals surface area contributed by atoms with E-state index in [2.05, 4.69) is 47.7 Å². The summed E-state index contributed by atoms with van der Waals surface area (Å²) >= 11 is 0. The number of hydrogen-bond donors (Lipinski definition) is 1. The van der Waals surface area contributed by atoms with Crippen LogP contribution in [0.1, 0.15) is 37.5 Å². The third-order valence-electron chi connectivity index (χ3n) is 3.87. The highest BCUT2D eigenvalue weighted by Gasteiger charge is 2.39. The molecule has 3 heteroatoms. The zero-order valence-electron chi connectivity index (χ0n) is 12.7. The summed E-state index contributed by atoms with van der Waals surface area (Å²) in [6.07, 6.45) is 0. The summed E-state index contributed by atoms with van der Waals surface area (Å²) in [7, 11) is -1.80. The van der Waals surface area contributed by atoms with Gasteiger partial charge in [0.05, 0.1) is 6.61 Å². The Labute approximate surface area is 112 Å². The van der Waals surface area contributed by atoms with Crippen LogP contribution in [0.4, 0.5) is 0 Å². The molecule has 2 nitrogen and oxygen atoms in total. The van der Waals surface area contributed by atoms with Crippen LogP contribution in [0.5, 0.6) is 5.75 Å². The summed E-state index contributed by atoms with van der Waals surface area (Å²) in [6.45, 7) is 15.4. The highest BCUT2D eigenvalue weighted by atomic mass is 28.4. The van der Waals surface area contributed by atoms with Gasteiger partial charge in [0.15, 0.2) is 0 Å². The minimum atomic E-state index is -1.80. The van der Waals surface area contributed by atoms with E-state index in [4.69, 9.17) is 4.43 Å². The van der Waals surface area contributed by atoms with Gasteiger partial charge < -0.3 is 9.53 Å². The van der Waals surface area contributed by atoms with Gasteiger partial charge in [-0.25, -0.2) is 0 Å². The zero-order valence-corrected chi connectivity index (χ0v) is 13.7. The Bertz CT molecular complexity index is 408. The van der Waals surface area contributed by atoms with Crippen molar-refractivity contribution in [2.45, 2.75) is 59.4 Å². The lowest BCUT2D eigenvalue weighted by molar-refractivity contribution is 0.281. The minimum absolute atomic E-state index is 0.0854. The predicted molar refractivity (Wildman–Crippen MR) is 79.7 cm³/mol. The van der Waals surface area contributed by atoms with Crippen molar-refractivity contribution in [3.8, 4) is 5.75 Å². The van der Waals surface area contributed by atoms with E-state index in [0.717, 1.165) is 22.4 Å². The maximum absolute atomic E-state index is 9.21. The van der Waals surface area contributed by atoms with Gasteiger partial charge in [0.2, 0.25) is 0 Å². The normalized spacial score (nSPS) is 12.7. The molecule has 0 aromatic heterocycles. The standard InChI is InChI=1S/C15H26O2Si/c1-11-8-13(10-16)9-12(2)14(11)17-18(6,7)15(3,4)5/h8-9,16H,10H2,1-7H3. The molecular weight excluding hydrogens is 240 g/mol.